The van der Waals surface area contributed by atoms with Crippen LogP contribution in [0.15, 0.2) is 30.3 Å². The smallest absolute Gasteiger partial charge is 0.133 e. The summed E-state index contributed by atoms with van der Waals surface area (Å²) in [6.07, 6.45) is 7.65. The van der Waals surface area contributed by atoms with E-state index in [1.54, 1.807) is 0 Å². The number of ketones is 1. The summed E-state index contributed by atoms with van der Waals surface area (Å²) < 4.78 is 0. The molecule has 19 heavy (non-hydrogen) atoms. The van der Waals surface area contributed by atoms with E-state index >= 15 is 0 Å². The predicted octanol–water partition coefficient (Wildman–Crippen LogP) is 5.11. The Morgan fingerprint density at radius 3 is 2.58 bits per heavy atom. The molecule has 0 spiro atoms. The molecule has 0 aromatic heterocycles. The first-order valence-electron chi connectivity index (χ1n) is 7.69. The van der Waals surface area contributed by atoms with E-state index in [9.17, 15) is 4.79 Å². The number of benzene rings is 1. The lowest BCUT2D eigenvalue weighted by Gasteiger charge is -2.24. The summed E-state index contributed by atoms with van der Waals surface area (Å²) in [5.41, 5.74) is 1.77. The highest BCUT2D eigenvalue weighted by Gasteiger charge is 2.33. The first-order chi connectivity index (χ1) is 9.13. The van der Waals surface area contributed by atoms with Crippen molar-refractivity contribution in [2.75, 3.05) is 0 Å². The number of Topliss-reactive ketones (excluding diaryl/α,β-unsaturated/α-hetero) is 1. The molecule has 1 aromatic rings. The van der Waals surface area contributed by atoms with Crippen molar-refractivity contribution in [3.63, 3.8) is 0 Å². The van der Waals surface area contributed by atoms with Gasteiger partial charge in [-0.3, -0.25) is 4.79 Å². The molecule has 0 N–H and O–H groups in total. The maximum atomic E-state index is 11.4. The Balaban J connectivity index is 1.83. The van der Waals surface area contributed by atoms with E-state index < -0.39 is 0 Å². The summed E-state index contributed by atoms with van der Waals surface area (Å²) in [7, 11) is 0. The van der Waals surface area contributed by atoms with Gasteiger partial charge in [0.15, 0.2) is 0 Å². The molecule has 1 aliphatic carbocycles. The van der Waals surface area contributed by atoms with Crippen LogP contribution >= 0.6 is 0 Å². The van der Waals surface area contributed by atoms with Gasteiger partial charge >= 0.3 is 0 Å². The predicted molar refractivity (Wildman–Crippen MR) is 80.3 cm³/mol. The van der Waals surface area contributed by atoms with Gasteiger partial charge in [0.2, 0.25) is 0 Å². The van der Waals surface area contributed by atoms with E-state index in [0.717, 1.165) is 19.3 Å². The molecule has 0 saturated heterocycles. The van der Waals surface area contributed by atoms with Gasteiger partial charge in [0.05, 0.1) is 0 Å². The van der Waals surface area contributed by atoms with Crippen molar-refractivity contribution in [1.29, 1.82) is 0 Å². The van der Waals surface area contributed by atoms with Crippen LogP contribution in [0.3, 0.4) is 0 Å². The minimum Gasteiger partial charge on any atom is -0.300 e. The summed E-state index contributed by atoms with van der Waals surface area (Å²) in [4.78, 5) is 11.4. The second kappa shape index (κ2) is 6.36. The van der Waals surface area contributed by atoms with Gasteiger partial charge in [-0.25, -0.2) is 0 Å². The third kappa shape index (κ3) is 3.92. The van der Waals surface area contributed by atoms with Crippen molar-refractivity contribution in [3.05, 3.63) is 35.9 Å². The van der Waals surface area contributed by atoms with Crippen LogP contribution in [0.1, 0.15) is 70.3 Å². The van der Waals surface area contributed by atoms with E-state index in [1.165, 1.54) is 31.2 Å². The molecule has 0 amide bonds. The van der Waals surface area contributed by atoms with Crippen LogP contribution in [0.2, 0.25) is 0 Å². The molecule has 1 aliphatic rings. The summed E-state index contributed by atoms with van der Waals surface area (Å²) in [6, 6.07) is 10.8. The highest BCUT2D eigenvalue weighted by atomic mass is 16.1. The lowest BCUT2D eigenvalue weighted by atomic mass is 9.81. The van der Waals surface area contributed by atoms with Crippen LogP contribution in [0.4, 0.5) is 0 Å². The Kier molecular flexibility index (Phi) is 4.79. The molecule has 2 unspecified atom stereocenters. The molecule has 0 radical (unpaired) electrons. The van der Waals surface area contributed by atoms with Gasteiger partial charge in [-0.2, -0.15) is 0 Å². The Morgan fingerprint density at radius 2 is 2.00 bits per heavy atom. The van der Waals surface area contributed by atoms with Gasteiger partial charge in [-0.15, -0.1) is 0 Å². The fourth-order valence-corrected chi connectivity index (χ4v) is 3.41. The standard InChI is InChI=1S/C18H26O/c1-3-15(16-8-5-4-6-9-16)10-7-12-18(2)13-11-17(19)14-18/h4-6,8-9,15H,3,7,10-14H2,1-2H3. The van der Waals surface area contributed by atoms with Crippen LogP contribution in [0.5, 0.6) is 0 Å². The zero-order valence-electron chi connectivity index (χ0n) is 12.3. The lowest BCUT2D eigenvalue weighted by Crippen LogP contribution is -2.12. The normalized spacial score (nSPS) is 24.6. The summed E-state index contributed by atoms with van der Waals surface area (Å²) in [5.74, 6) is 1.15. The van der Waals surface area contributed by atoms with Gasteiger partial charge < -0.3 is 0 Å². The van der Waals surface area contributed by atoms with Crippen molar-refractivity contribution in [2.24, 2.45) is 5.41 Å². The van der Waals surface area contributed by atoms with Crippen LogP contribution in [-0.4, -0.2) is 5.78 Å². The van der Waals surface area contributed by atoms with E-state index in [2.05, 4.69) is 44.2 Å². The first kappa shape index (κ1) is 14.3. The number of carbonyl (C=O) groups is 1. The monoisotopic (exact) mass is 258 g/mol. The topological polar surface area (TPSA) is 17.1 Å². The van der Waals surface area contributed by atoms with E-state index in [1.807, 2.05) is 0 Å². The lowest BCUT2D eigenvalue weighted by molar-refractivity contribution is -0.118. The maximum Gasteiger partial charge on any atom is 0.133 e. The Hall–Kier alpha value is -1.11. The quantitative estimate of drug-likeness (QED) is 0.693. The van der Waals surface area contributed by atoms with Crippen LogP contribution < -0.4 is 0 Å². The Morgan fingerprint density at radius 1 is 1.26 bits per heavy atom. The summed E-state index contributed by atoms with van der Waals surface area (Å²) in [6.45, 7) is 4.57. The second-order valence-electron chi connectivity index (χ2n) is 6.43. The van der Waals surface area contributed by atoms with Gasteiger partial charge in [0.25, 0.3) is 0 Å². The largest absolute Gasteiger partial charge is 0.300 e. The zero-order valence-corrected chi connectivity index (χ0v) is 12.3. The van der Waals surface area contributed by atoms with Crippen molar-refractivity contribution in [3.8, 4) is 0 Å². The van der Waals surface area contributed by atoms with Crippen molar-refractivity contribution in [1.82, 2.24) is 0 Å². The van der Waals surface area contributed by atoms with Gasteiger partial charge in [-0.1, -0.05) is 50.6 Å². The average molecular weight is 258 g/mol. The third-order valence-electron chi connectivity index (χ3n) is 4.73. The molecule has 0 heterocycles. The van der Waals surface area contributed by atoms with Crippen LogP contribution in [0, 0.1) is 5.41 Å². The summed E-state index contributed by atoms with van der Waals surface area (Å²) in [5, 5.41) is 0. The van der Waals surface area contributed by atoms with Crippen molar-refractivity contribution in [2.45, 2.75) is 64.7 Å². The molecule has 0 aliphatic heterocycles. The zero-order chi connectivity index (χ0) is 13.7. The molecule has 1 heteroatoms. The SMILES string of the molecule is CCC(CCCC1(C)CCC(=O)C1)c1ccccc1. The summed E-state index contributed by atoms with van der Waals surface area (Å²) >= 11 is 0. The molecule has 2 rings (SSSR count). The molecule has 1 nitrogen and oxygen atoms in total. The highest BCUT2D eigenvalue weighted by molar-refractivity contribution is 5.81. The number of hydrogen-bond acceptors (Lipinski definition) is 1. The van der Waals surface area contributed by atoms with Gasteiger partial charge in [0.1, 0.15) is 5.78 Å². The fraction of sp³-hybridized carbons (Fsp3) is 0.611. The van der Waals surface area contributed by atoms with Gasteiger partial charge in [0, 0.05) is 12.8 Å². The van der Waals surface area contributed by atoms with E-state index in [-0.39, 0.29) is 0 Å². The van der Waals surface area contributed by atoms with Crippen LogP contribution in [-0.2, 0) is 4.79 Å². The minimum absolute atomic E-state index is 0.298. The van der Waals surface area contributed by atoms with Crippen molar-refractivity contribution < 1.29 is 4.79 Å². The van der Waals surface area contributed by atoms with Crippen LogP contribution in [0.25, 0.3) is 0 Å². The average Bonchev–Trinajstić information content (AvgIpc) is 2.76. The minimum atomic E-state index is 0.298. The molecule has 104 valence electrons. The Bertz CT molecular complexity index is 409. The molecule has 0 bridgehead atoms. The van der Waals surface area contributed by atoms with E-state index in [0.29, 0.717) is 17.1 Å². The van der Waals surface area contributed by atoms with E-state index in [4.69, 9.17) is 0 Å². The van der Waals surface area contributed by atoms with Crippen molar-refractivity contribution >= 4 is 5.78 Å². The highest BCUT2D eigenvalue weighted by Crippen LogP contribution is 2.40. The fourth-order valence-electron chi connectivity index (χ4n) is 3.41. The third-order valence-corrected chi connectivity index (χ3v) is 4.73. The molecule has 1 fully saturated rings. The first-order valence-corrected chi connectivity index (χ1v) is 7.69. The molecule has 1 aromatic carbocycles. The maximum absolute atomic E-state index is 11.4. The van der Waals surface area contributed by atoms with Gasteiger partial charge in [-0.05, 0) is 42.6 Å². The second-order valence-corrected chi connectivity index (χ2v) is 6.43. The Labute approximate surface area is 117 Å². The molecule has 2 atom stereocenters. The number of carbonyl (C=O) groups excluding carboxylic acids is 1. The molecule has 1 saturated carbocycles. The number of rotatable bonds is 6. The molecular formula is C18H26O. The number of hydrogen-bond donors (Lipinski definition) is 0. The molecular weight excluding hydrogens is 232 g/mol.